The molecule has 0 saturated carbocycles. The summed E-state index contributed by atoms with van der Waals surface area (Å²) in [6.07, 6.45) is 0. The Balaban J connectivity index is 2.85. The van der Waals surface area contributed by atoms with Crippen molar-refractivity contribution in [3.63, 3.8) is 0 Å². The molecule has 0 aliphatic rings. The van der Waals surface area contributed by atoms with Gasteiger partial charge in [0.2, 0.25) is 0 Å². The highest BCUT2D eigenvalue weighted by molar-refractivity contribution is 4.09. The van der Waals surface area contributed by atoms with Crippen molar-refractivity contribution in [1.82, 2.24) is 0 Å². The summed E-state index contributed by atoms with van der Waals surface area (Å²) in [5, 5.41) is 0. The third-order valence-electron chi connectivity index (χ3n) is 1.41. The molecule has 0 aliphatic heterocycles. The zero-order chi connectivity index (χ0) is 12.6. The Kier molecular flexibility index (Phi) is 15.5. The molecular weight excluding hydrogens is 232 g/mol. The van der Waals surface area contributed by atoms with Crippen LogP contribution >= 0.6 is 0 Å². The summed E-state index contributed by atoms with van der Waals surface area (Å²) >= 11 is 0. The lowest BCUT2D eigenvalue weighted by molar-refractivity contribution is -0.214. The Morgan fingerprint density at radius 1 is 0.412 bits per heavy atom. The summed E-state index contributed by atoms with van der Waals surface area (Å²) in [5.41, 5.74) is 0. The first-order valence-electron chi connectivity index (χ1n) is 5.46. The maximum absolute atomic E-state index is 4.96. The molecule has 7 heteroatoms. The van der Waals surface area contributed by atoms with E-state index in [1.807, 2.05) is 13.8 Å². The standard InChI is InChI=1S/C10H22O7/c1-3-11-5-13-7-15-9-17-10-16-8-14-6-12-4-2/h3-10H2,1-2H3. The normalized spacial score (nSPS) is 10.9. The molecule has 0 aromatic rings. The predicted molar refractivity (Wildman–Crippen MR) is 57.9 cm³/mol. The van der Waals surface area contributed by atoms with Gasteiger partial charge in [-0.1, -0.05) is 0 Å². The van der Waals surface area contributed by atoms with Gasteiger partial charge >= 0.3 is 0 Å². The van der Waals surface area contributed by atoms with Gasteiger partial charge in [-0.15, -0.1) is 0 Å². The lowest BCUT2D eigenvalue weighted by atomic mass is 10.9. The van der Waals surface area contributed by atoms with Gasteiger partial charge in [-0.05, 0) is 13.8 Å². The molecule has 0 aromatic carbocycles. The van der Waals surface area contributed by atoms with Crippen LogP contribution in [0.25, 0.3) is 0 Å². The molecule has 0 aliphatic carbocycles. The molecule has 0 bridgehead atoms. The summed E-state index contributed by atoms with van der Waals surface area (Å²) in [6, 6.07) is 0. The average Bonchev–Trinajstić information content (AvgIpc) is 2.35. The summed E-state index contributed by atoms with van der Waals surface area (Å²) in [7, 11) is 0. The van der Waals surface area contributed by atoms with Gasteiger partial charge in [0.25, 0.3) is 0 Å². The third-order valence-corrected chi connectivity index (χ3v) is 1.41. The van der Waals surface area contributed by atoms with E-state index in [0.717, 1.165) is 0 Å². The van der Waals surface area contributed by atoms with Crippen LogP contribution in [0.15, 0.2) is 0 Å². The summed E-state index contributed by atoms with van der Waals surface area (Å²) in [6.45, 7) is 5.89. The van der Waals surface area contributed by atoms with Gasteiger partial charge in [-0.2, -0.15) is 0 Å². The molecular formula is C10H22O7. The minimum absolute atomic E-state index is 0.0948. The Morgan fingerprint density at radius 2 is 0.647 bits per heavy atom. The lowest BCUT2D eigenvalue weighted by Crippen LogP contribution is -2.10. The van der Waals surface area contributed by atoms with Gasteiger partial charge < -0.3 is 33.2 Å². The van der Waals surface area contributed by atoms with Crippen LogP contribution in [0.4, 0.5) is 0 Å². The SMILES string of the molecule is CCOCOCOCOCOCOCOCC. The number of hydrogen-bond donors (Lipinski definition) is 0. The first-order valence-corrected chi connectivity index (χ1v) is 5.46. The van der Waals surface area contributed by atoms with E-state index >= 15 is 0 Å². The van der Waals surface area contributed by atoms with Crippen molar-refractivity contribution in [2.75, 3.05) is 54.0 Å². The molecule has 0 unspecified atom stereocenters. The Bertz CT molecular complexity index is 120. The molecule has 104 valence electrons. The van der Waals surface area contributed by atoms with Crippen molar-refractivity contribution in [3.05, 3.63) is 0 Å². The van der Waals surface area contributed by atoms with Gasteiger partial charge in [-0.25, -0.2) is 0 Å². The van der Waals surface area contributed by atoms with Crippen LogP contribution in [0.1, 0.15) is 13.8 Å². The fourth-order valence-electron chi connectivity index (χ4n) is 0.690. The van der Waals surface area contributed by atoms with Gasteiger partial charge in [0.1, 0.15) is 13.6 Å². The van der Waals surface area contributed by atoms with Crippen molar-refractivity contribution in [3.8, 4) is 0 Å². The van der Waals surface area contributed by atoms with Crippen LogP contribution in [0.5, 0.6) is 0 Å². The fraction of sp³-hybridized carbons (Fsp3) is 1.00. The Hall–Kier alpha value is -0.280. The fourth-order valence-corrected chi connectivity index (χ4v) is 0.690. The van der Waals surface area contributed by atoms with Crippen LogP contribution in [0.3, 0.4) is 0 Å². The zero-order valence-corrected chi connectivity index (χ0v) is 10.5. The number of ether oxygens (including phenoxy) is 7. The van der Waals surface area contributed by atoms with Crippen molar-refractivity contribution < 1.29 is 33.2 Å². The molecule has 0 spiro atoms. The van der Waals surface area contributed by atoms with Gasteiger partial charge in [0.05, 0.1) is 0 Å². The monoisotopic (exact) mass is 254 g/mol. The summed E-state index contributed by atoms with van der Waals surface area (Å²) in [5.74, 6) is 0. The summed E-state index contributed by atoms with van der Waals surface area (Å²) in [4.78, 5) is 0. The summed E-state index contributed by atoms with van der Waals surface area (Å²) < 4.78 is 34.6. The maximum Gasteiger partial charge on any atom is 0.152 e. The van der Waals surface area contributed by atoms with E-state index in [9.17, 15) is 0 Å². The number of rotatable bonds is 14. The smallest absolute Gasteiger partial charge is 0.152 e. The van der Waals surface area contributed by atoms with Crippen molar-refractivity contribution >= 4 is 0 Å². The van der Waals surface area contributed by atoms with Gasteiger partial charge in [0.15, 0.2) is 27.2 Å². The molecule has 7 nitrogen and oxygen atoms in total. The molecule has 0 fully saturated rings. The Labute approximate surface area is 102 Å². The Morgan fingerprint density at radius 3 is 0.882 bits per heavy atom. The molecule has 17 heavy (non-hydrogen) atoms. The second-order valence-corrected chi connectivity index (χ2v) is 2.71. The van der Waals surface area contributed by atoms with E-state index in [4.69, 9.17) is 33.2 Å². The molecule has 0 atom stereocenters. The highest BCUT2D eigenvalue weighted by Gasteiger charge is 1.90. The van der Waals surface area contributed by atoms with E-state index in [1.165, 1.54) is 0 Å². The van der Waals surface area contributed by atoms with E-state index in [1.54, 1.807) is 0 Å². The highest BCUT2D eigenvalue weighted by atomic mass is 16.8. The zero-order valence-electron chi connectivity index (χ0n) is 10.5. The first kappa shape index (κ1) is 16.7. The van der Waals surface area contributed by atoms with Crippen LogP contribution in [0.2, 0.25) is 0 Å². The largest absolute Gasteiger partial charge is 0.356 e. The van der Waals surface area contributed by atoms with Crippen LogP contribution in [-0.2, 0) is 33.2 Å². The molecule has 0 aromatic heterocycles. The van der Waals surface area contributed by atoms with E-state index in [-0.39, 0.29) is 40.8 Å². The van der Waals surface area contributed by atoms with Crippen molar-refractivity contribution in [1.29, 1.82) is 0 Å². The first-order chi connectivity index (χ1) is 8.41. The van der Waals surface area contributed by atoms with Crippen molar-refractivity contribution in [2.45, 2.75) is 13.8 Å². The quantitative estimate of drug-likeness (QED) is 0.337. The minimum Gasteiger partial charge on any atom is -0.356 e. The molecule has 0 N–H and O–H groups in total. The van der Waals surface area contributed by atoms with E-state index in [2.05, 4.69) is 0 Å². The minimum atomic E-state index is 0.0948. The maximum atomic E-state index is 4.96. The van der Waals surface area contributed by atoms with Gasteiger partial charge in [0, 0.05) is 13.2 Å². The molecule has 0 amide bonds. The lowest BCUT2D eigenvalue weighted by Gasteiger charge is -2.07. The second-order valence-electron chi connectivity index (χ2n) is 2.71. The molecule has 0 radical (unpaired) electrons. The van der Waals surface area contributed by atoms with E-state index < -0.39 is 0 Å². The van der Waals surface area contributed by atoms with Gasteiger partial charge in [-0.3, -0.25) is 0 Å². The highest BCUT2D eigenvalue weighted by Crippen LogP contribution is 1.85. The topological polar surface area (TPSA) is 64.6 Å². The van der Waals surface area contributed by atoms with Crippen LogP contribution in [-0.4, -0.2) is 54.0 Å². The molecule has 0 heterocycles. The van der Waals surface area contributed by atoms with Crippen molar-refractivity contribution in [2.24, 2.45) is 0 Å². The predicted octanol–water partition coefficient (Wildman–Crippen LogP) is 0.887. The van der Waals surface area contributed by atoms with E-state index in [0.29, 0.717) is 13.2 Å². The average molecular weight is 254 g/mol. The van der Waals surface area contributed by atoms with Crippen LogP contribution in [0, 0.1) is 0 Å². The second kappa shape index (κ2) is 15.7. The molecule has 0 saturated heterocycles. The van der Waals surface area contributed by atoms with Crippen LogP contribution < -0.4 is 0 Å². The molecule has 0 rings (SSSR count). The third kappa shape index (κ3) is 15.7. The number of hydrogen-bond acceptors (Lipinski definition) is 7.